The normalized spacial score (nSPS) is 27.4. The van der Waals surface area contributed by atoms with E-state index in [1.807, 2.05) is 0 Å². The first-order chi connectivity index (χ1) is 8.16. The highest BCUT2D eigenvalue weighted by atomic mass is 79.9. The van der Waals surface area contributed by atoms with Crippen LogP contribution in [0.3, 0.4) is 0 Å². The second-order valence-electron chi connectivity index (χ2n) is 4.62. The van der Waals surface area contributed by atoms with Crippen LogP contribution in [-0.2, 0) is 15.1 Å². The molecule has 1 aromatic rings. The number of halogens is 4. The zero-order valence-electron chi connectivity index (χ0n) is 9.84. The lowest BCUT2D eigenvalue weighted by Gasteiger charge is -2.31. The van der Waals surface area contributed by atoms with Crippen LogP contribution in [0.5, 0.6) is 0 Å². The van der Waals surface area contributed by atoms with Crippen LogP contribution in [0.2, 0.25) is 0 Å². The highest BCUT2D eigenvalue weighted by Gasteiger charge is 2.63. The fourth-order valence-electron chi connectivity index (χ4n) is 1.92. The Kier molecular flexibility index (Phi) is 3.24. The van der Waals surface area contributed by atoms with Gasteiger partial charge < -0.3 is 9.47 Å². The number of benzene rings is 1. The third-order valence-electron chi connectivity index (χ3n) is 2.81. The van der Waals surface area contributed by atoms with E-state index in [1.165, 1.54) is 26.0 Å². The first-order valence-corrected chi connectivity index (χ1v) is 6.12. The summed E-state index contributed by atoms with van der Waals surface area (Å²) in [5.41, 5.74) is -2.35. The van der Waals surface area contributed by atoms with E-state index in [9.17, 15) is 13.2 Å². The quantitative estimate of drug-likeness (QED) is 0.777. The van der Waals surface area contributed by atoms with Crippen LogP contribution in [0.15, 0.2) is 28.7 Å². The summed E-state index contributed by atoms with van der Waals surface area (Å²) in [5.74, 6) is -1.25. The average Bonchev–Trinajstić information content (AvgIpc) is 2.56. The summed E-state index contributed by atoms with van der Waals surface area (Å²) in [5, 5.41) is 0. The summed E-state index contributed by atoms with van der Waals surface area (Å²) < 4.78 is 51.0. The highest BCUT2D eigenvalue weighted by Crippen LogP contribution is 2.49. The summed E-state index contributed by atoms with van der Waals surface area (Å²) >= 11 is 3.19. The molecule has 1 heterocycles. The van der Waals surface area contributed by atoms with E-state index >= 15 is 0 Å². The molecule has 0 bridgehead atoms. The smallest absolute Gasteiger partial charge is 0.347 e. The third-order valence-corrected chi connectivity index (χ3v) is 3.34. The predicted molar refractivity (Wildman–Crippen MR) is 63.0 cm³/mol. The predicted octanol–water partition coefficient (Wildman–Crippen LogP) is 3.99. The Labute approximate surface area is 111 Å². The van der Waals surface area contributed by atoms with Crippen molar-refractivity contribution >= 4 is 15.9 Å². The standard InChI is InChI=1S/C12H12BrF3O2/c1-10(2)17-7-11(18-10,12(14,15)16)8-3-5-9(13)6-4-8/h3-6H,7H2,1-2H3/t11-/m1/s1. The van der Waals surface area contributed by atoms with Gasteiger partial charge in [0.2, 0.25) is 5.60 Å². The minimum atomic E-state index is -4.53. The Morgan fingerprint density at radius 3 is 2.11 bits per heavy atom. The molecule has 1 fully saturated rings. The van der Waals surface area contributed by atoms with Crippen LogP contribution in [0, 0.1) is 0 Å². The molecule has 0 aliphatic carbocycles. The van der Waals surface area contributed by atoms with Gasteiger partial charge in [0, 0.05) is 4.47 Å². The molecule has 1 atom stereocenters. The van der Waals surface area contributed by atoms with Crippen molar-refractivity contribution in [2.75, 3.05) is 6.61 Å². The molecule has 2 nitrogen and oxygen atoms in total. The van der Waals surface area contributed by atoms with E-state index in [0.29, 0.717) is 4.47 Å². The van der Waals surface area contributed by atoms with Crippen LogP contribution in [-0.4, -0.2) is 18.6 Å². The fraction of sp³-hybridized carbons (Fsp3) is 0.500. The number of ether oxygens (including phenoxy) is 2. The first kappa shape index (κ1) is 13.8. The minimum absolute atomic E-state index is 0.0452. The summed E-state index contributed by atoms with van der Waals surface area (Å²) in [4.78, 5) is 0. The SMILES string of the molecule is CC1(C)OC[C@@](c2ccc(Br)cc2)(C(F)(F)F)O1. The van der Waals surface area contributed by atoms with Crippen molar-refractivity contribution in [1.82, 2.24) is 0 Å². The lowest BCUT2D eigenvalue weighted by molar-refractivity contribution is -0.289. The Balaban J connectivity index is 2.48. The zero-order chi connectivity index (χ0) is 13.6. The highest BCUT2D eigenvalue weighted by molar-refractivity contribution is 9.10. The molecule has 0 unspecified atom stereocenters. The largest absolute Gasteiger partial charge is 0.424 e. The number of hydrogen-bond donors (Lipinski definition) is 0. The van der Waals surface area contributed by atoms with Crippen LogP contribution in [0.1, 0.15) is 19.4 Å². The Bertz CT molecular complexity index is 442. The molecular weight excluding hydrogens is 313 g/mol. The maximum absolute atomic E-state index is 13.3. The summed E-state index contributed by atoms with van der Waals surface area (Å²) in [7, 11) is 0. The number of rotatable bonds is 1. The lowest BCUT2D eigenvalue weighted by Crippen LogP contribution is -2.45. The molecular formula is C12H12BrF3O2. The van der Waals surface area contributed by atoms with E-state index in [2.05, 4.69) is 15.9 Å². The Morgan fingerprint density at radius 2 is 1.72 bits per heavy atom. The fourth-order valence-corrected chi connectivity index (χ4v) is 2.18. The van der Waals surface area contributed by atoms with Gasteiger partial charge in [-0.05, 0) is 31.5 Å². The summed E-state index contributed by atoms with van der Waals surface area (Å²) in [6, 6.07) is 5.89. The summed E-state index contributed by atoms with van der Waals surface area (Å²) in [6.45, 7) is 2.41. The van der Waals surface area contributed by atoms with Crippen molar-refractivity contribution in [2.24, 2.45) is 0 Å². The second-order valence-corrected chi connectivity index (χ2v) is 5.54. The average molecular weight is 325 g/mol. The lowest BCUT2D eigenvalue weighted by atomic mass is 9.94. The van der Waals surface area contributed by atoms with Gasteiger partial charge in [-0.2, -0.15) is 13.2 Å². The van der Waals surface area contributed by atoms with E-state index in [1.54, 1.807) is 12.1 Å². The van der Waals surface area contributed by atoms with Gasteiger partial charge >= 0.3 is 6.18 Å². The molecule has 0 spiro atoms. The Hall–Kier alpha value is -0.590. The zero-order valence-corrected chi connectivity index (χ0v) is 11.4. The summed E-state index contributed by atoms with van der Waals surface area (Å²) in [6.07, 6.45) is -4.53. The molecule has 1 aliphatic rings. The molecule has 1 aromatic carbocycles. The topological polar surface area (TPSA) is 18.5 Å². The van der Waals surface area contributed by atoms with Gasteiger partial charge in [0.05, 0.1) is 6.61 Å². The molecule has 0 N–H and O–H groups in total. The maximum Gasteiger partial charge on any atom is 0.424 e. The molecule has 0 amide bonds. The molecule has 100 valence electrons. The second kappa shape index (κ2) is 4.21. The van der Waals surface area contributed by atoms with Crippen molar-refractivity contribution in [3.05, 3.63) is 34.3 Å². The van der Waals surface area contributed by atoms with Crippen LogP contribution < -0.4 is 0 Å². The van der Waals surface area contributed by atoms with Crippen molar-refractivity contribution in [1.29, 1.82) is 0 Å². The van der Waals surface area contributed by atoms with E-state index < -0.39 is 24.2 Å². The molecule has 6 heteroatoms. The number of alkyl halides is 3. The van der Waals surface area contributed by atoms with E-state index in [-0.39, 0.29) is 5.56 Å². The molecule has 0 aromatic heterocycles. The molecule has 0 saturated carbocycles. The van der Waals surface area contributed by atoms with Crippen molar-refractivity contribution in [3.63, 3.8) is 0 Å². The van der Waals surface area contributed by atoms with E-state index in [0.717, 1.165) is 0 Å². The van der Waals surface area contributed by atoms with Crippen LogP contribution in [0.25, 0.3) is 0 Å². The molecule has 18 heavy (non-hydrogen) atoms. The first-order valence-electron chi connectivity index (χ1n) is 5.33. The molecule has 1 saturated heterocycles. The van der Waals surface area contributed by atoms with Gasteiger partial charge in [0.1, 0.15) is 0 Å². The number of hydrogen-bond acceptors (Lipinski definition) is 2. The minimum Gasteiger partial charge on any atom is -0.347 e. The van der Waals surface area contributed by atoms with Gasteiger partial charge in [-0.1, -0.05) is 28.1 Å². The van der Waals surface area contributed by atoms with Crippen LogP contribution >= 0.6 is 15.9 Å². The van der Waals surface area contributed by atoms with Crippen molar-refractivity contribution in [2.45, 2.75) is 31.4 Å². The van der Waals surface area contributed by atoms with Gasteiger partial charge in [-0.15, -0.1) is 0 Å². The van der Waals surface area contributed by atoms with Gasteiger partial charge in [-0.3, -0.25) is 0 Å². The van der Waals surface area contributed by atoms with Gasteiger partial charge in [0.15, 0.2) is 5.79 Å². The molecule has 2 rings (SSSR count). The van der Waals surface area contributed by atoms with Crippen LogP contribution in [0.4, 0.5) is 13.2 Å². The third kappa shape index (κ3) is 2.29. The van der Waals surface area contributed by atoms with E-state index in [4.69, 9.17) is 9.47 Å². The van der Waals surface area contributed by atoms with Gasteiger partial charge in [0.25, 0.3) is 0 Å². The van der Waals surface area contributed by atoms with Crippen molar-refractivity contribution in [3.8, 4) is 0 Å². The molecule has 0 radical (unpaired) electrons. The van der Waals surface area contributed by atoms with Gasteiger partial charge in [-0.25, -0.2) is 0 Å². The molecule has 1 aliphatic heterocycles. The van der Waals surface area contributed by atoms with Crippen molar-refractivity contribution < 1.29 is 22.6 Å². The monoisotopic (exact) mass is 324 g/mol. The maximum atomic E-state index is 13.3. The Morgan fingerprint density at radius 1 is 1.17 bits per heavy atom.